The first-order valence-corrected chi connectivity index (χ1v) is 24.0. The van der Waals surface area contributed by atoms with Crippen LogP contribution in [0.5, 0.6) is 5.75 Å². The Hall–Kier alpha value is -3.45. The minimum atomic E-state index is -1.18. The van der Waals surface area contributed by atoms with E-state index in [1.165, 1.54) is 15.8 Å². The molecule has 1 saturated heterocycles. The minimum Gasteiger partial charge on any atom is -0.467 e. The maximum atomic E-state index is 12.6. The molecule has 0 saturated carbocycles. The molecule has 2 atom stereocenters. The maximum Gasteiger partial charge on any atom is 0.528 e. The molecular weight excluding hydrogens is 721 g/mol. The molecule has 6 rings (SSSR count). The van der Waals surface area contributed by atoms with Crippen LogP contribution in [0.15, 0.2) is 89.3 Å². The third-order valence-electron chi connectivity index (χ3n) is 9.06. The quantitative estimate of drug-likeness (QED) is 0.0340. The van der Waals surface area contributed by atoms with Gasteiger partial charge in [-0.1, -0.05) is 92.1 Å². The normalized spacial score (nSPS) is 16.9. The number of hydrogen-bond acceptors (Lipinski definition) is 10. The van der Waals surface area contributed by atoms with E-state index in [-0.39, 0.29) is 18.8 Å². The van der Waals surface area contributed by atoms with Crippen molar-refractivity contribution in [1.29, 1.82) is 0 Å². The van der Waals surface area contributed by atoms with Crippen LogP contribution < -0.4 is 4.74 Å². The standard InChI is InChI=1S/C42H52N2O6S2Si/c1-42(2,3)49-41(45)50-44-21-19-35(32-17-15-30(16-18-32)20-23-51-40-43-36-13-9-10-14-39(36)52-40)38(27-44)47-28-31-25-33-11-7-8-12-34(33)37(26-31)48-29-46-22-24-53(4,5)6/h7-18,25-26,35,38H,19-24,27-29H2,1-6H3. The fourth-order valence-electron chi connectivity index (χ4n) is 6.28. The van der Waals surface area contributed by atoms with E-state index in [4.69, 9.17) is 28.8 Å². The lowest BCUT2D eigenvalue weighted by Gasteiger charge is -2.37. The van der Waals surface area contributed by atoms with Crippen LogP contribution in [0, 0.1) is 0 Å². The number of thioether (sulfide) groups is 1. The Balaban J connectivity index is 1.12. The van der Waals surface area contributed by atoms with Crippen LogP contribution in [0.25, 0.3) is 21.0 Å². The van der Waals surface area contributed by atoms with E-state index in [0.29, 0.717) is 26.3 Å². The molecular formula is C42H52N2O6S2Si. The Morgan fingerprint density at radius 3 is 2.53 bits per heavy atom. The van der Waals surface area contributed by atoms with Crippen LogP contribution in [0.3, 0.4) is 0 Å². The van der Waals surface area contributed by atoms with E-state index in [1.54, 1.807) is 16.4 Å². The van der Waals surface area contributed by atoms with Gasteiger partial charge in [0.25, 0.3) is 0 Å². The number of ether oxygens (including phenoxy) is 4. The lowest BCUT2D eigenvalue weighted by Crippen LogP contribution is -2.45. The molecule has 11 heteroatoms. The number of thiazole rings is 1. The second-order valence-corrected chi connectivity index (χ2v) is 23.8. The molecule has 0 radical (unpaired) electrons. The van der Waals surface area contributed by atoms with Crippen LogP contribution in [0.4, 0.5) is 4.79 Å². The van der Waals surface area contributed by atoms with Gasteiger partial charge in [0.1, 0.15) is 11.4 Å². The lowest BCUT2D eigenvalue weighted by molar-refractivity contribution is -0.179. The number of para-hydroxylation sites is 1. The molecule has 8 nitrogen and oxygen atoms in total. The van der Waals surface area contributed by atoms with Gasteiger partial charge in [-0.2, -0.15) is 0 Å². The average molecular weight is 773 g/mol. The third kappa shape index (κ3) is 11.8. The lowest BCUT2D eigenvalue weighted by atomic mass is 9.87. The average Bonchev–Trinajstić information content (AvgIpc) is 3.53. The SMILES string of the molecule is CC(C)(C)OC(=O)ON1CCC(c2ccc(CCSc3nc4ccccc4s3)cc2)C(OCc2cc(OCOCC[Si](C)(C)C)c3ccccc3c2)C1. The number of carbonyl (C=O) groups is 1. The number of hydrogen-bond donors (Lipinski definition) is 0. The highest BCUT2D eigenvalue weighted by atomic mass is 32.2. The molecule has 1 fully saturated rings. The van der Waals surface area contributed by atoms with E-state index in [1.807, 2.05) is 50.7 Å². The summed E-state index contributed by atoms with van der Waals surface area (Å²) in [5, 5.41) is 3.80. The van der Waals surface area contributed by atoms with E-state index in [2.05, 4.69) is 86.4 Å². The van der Waals surface area contributed by atoms with Gasteiger partial charge in [-0.15, -0.1) is 16.4 Å². The fraction of sp³-hybridized carbons (Fsp3) is 0.429. The zero-order valence-corrected chi connectivity index (χ0v) is 34.4. The monoisotopic (exact) mass is 772 g/mol. The molecule has 0 N–H and O–H groups in total. The Bertz CT molecular complexity index is 1920. The number of nitrogens with zero attached hydrogens (tertiary/aromatic N) is 2. The predicted molar refractivity (Wildman–Crippen MR) is 219 cm³/mol. The third-order valence-corrected chi connectivity index (χ3v) is 12.9. The summed E-state index contributed by atoms with van der Waals surface area (Å²) in [4.78, 5) is 23.0. The molecule has 0 bridgehead atoms. The highest BCUT2D eigenvalue weighted by molar-refractivity contribution is 8.01. The van der Waals surface area contributed by atoms with Gasteiger partial charge in [0.05, 0.1) is 29.5 Å². The number of carbonyl (C=O) groups excluding carboxylic acids is 1. The summed E-state index contributed by atoms with van der Waals surface area (Å²) in [5.41, 5.74) is 3.93. The predicted octanol–water partition coefficient (Wildman–Crippen LogP) is 10.7. The van der Waals surface area contributed by atoms with E-state index >= 15 is 0 Å². The summed E-state index contributed by atoms with van der Waals surface area (Å²) in [7, 11) is -1.18. The van der Waals surface area contributed by atoms with Crippen LogP contribution in [-0.4, -0.2) is 68.2 Å². The van der Waals surface area contributed by atoms with Crippen molar-refractivity contribution in [3.8, 4) is 5.75 Å². The Morgan fingerprint density at radius 1 is 0.981 bits per heavy atom. The number of aromatic nitrogens is 1. The Labute approximate surface area is 323 Å². The highest BCUT2D eigenvalue weighted by Crippen LogP contribution is 2.34. The van der Waals surface area contributed by atoms with Gasteiger partial charge in [0.15, 0.2) is 11.1 Å². The van der Waals surface area contributed by atoms with Crippen molar-refractivity contribution in [3.63, 3.8) is 0 Å². The first kappa shape index (κ1) is 39.2. The molecule has 282 valence electrons. The van der Waals surface area contributed by atoms with Gasteiger partial charge in [-0.3, -0.25) is 0 Å². The van der Waals surface area contributed by atoms with Gasteiger partial charge >= 0.3 is 6.16 Å². The molecule has 0 amide bonds. The molecule has 1 aromatic heterocycles. The largest absolute Gasteiger partial charge is 0.528 e. The topological polar surface area (TPSA) is 79.4 Å². The van der Waals surface area contributed by atoms with Crippen molar-refractivity contribution >= 4 is 58.3 Å². The first-order valence-electron chi connectivity index (χ1n) is 18.5. The summed E-state index contributed by atoms with van der Waals surface area (Å²) >= 11 is 3.56. The molecule has 4 aromatic carbocycles. The number of rotatable bonds is 15. The summed E-state index contributed by atoms with van der Waals surface area (Å²) in [6, 6.07) is 30.7. The van der Waals surface area contributed by atoms with Gasteiger partial charge in [-0.25, -0.2) is 9.78 Å². The molecule has 2 heterocycles. The number of hydroxylamine groups is 2. The number of aryl methyl sites for hydroxylation is 1. The van der Waals surface area contributed by atoms with Gasteiger partial charge in [0, 0.05) is 38.3 Å². The second kappa shape index (κ2) is 17.8. The van der Waals surface area contributed by atoms with Crippen molar-refractivity contribution in [2.75, 3.05) is 32.2 Å². The zero-order chi connectivity index (χ0) is 37.4. The molecule has 5 aromatic rings. The Morgan fingerprint density at radius 2 is 1.75 bits per heavy atom. The summed E-state index contributed by atoms with van der Waals surface area (Å²) in [5.74, 6) is 1.87. The molecule has 0 aliphatic carbocycles. The Kier molecular flexibility index (Phi) is 13.2. The van der Waals surface area contributed by atoms with Crippen molar-refractivity contribution < 1.29 is 28.6 Å². The molecule has 1 aliphatic rings. The molecule has 0 spiro atoms. The summed E-state index contributed by atoms with van der Waals surface area (Å²) in [6.45, 7) is 14.8. The fourth-order valence-corrected chi connectivity index (χ4v) is 9.16. The number of fused-ring (bicyclic) bond motifs is 2. The van der Waals surface area contributed by atoms with Crippen molar-refractivity contribution in [2.24, 2.45) is 0 Å². The van der Waals surface area contributed by atoms with Crippen molar-refractivity contribution in [3.05, 3.63) is 102 Å². The summed E-state index contributed by atoms with van der Waals surface area (Å²) in [6.07, 6.45) is 0.790. The maximum absolute atomic E-state index is 12.6. The van der Waals surface area contributed by atoms with Crippen molar-refractivity contribution in [1.82, 2.24) is 10.0 Å². The number of piperidine rings is 1. The summed E-state index contributed by atoms with van der Waals surface area (Å²) < 4.78 is 26.6. The van der Waals surface area contributed by atoms with Crippen LogP contribution in [0.1, 0.15) is 49.8 Å². The van der Waals surface area contributed by atoms with Crippen LogP contribution >= 0.6 is 23.1 Å². The molecule has 1 aliphatic heterocycles. The minimum absolute atomic E-state index is 0.121. The highest BCUT2D eigenvalue weighted by Gasteiger charge is 2.34. The van der Waals surface area contributed by atoms with Crippen LogP contribution in [0.2, 0.25) is 25.7 Å². The van der Waals surface area contributed by atoms with Gasteiger partial charge in [-0.05, 0) is 86.0 Å². The van der Waals surface area contributed by atoms with Crippen molar-refractivity contribution in [2.45, 2.75) is 87.9 Å². The molecule has 53 heavy (non-hydrogen) atoms. The van der Waals surface area contributed by atoms with E-state index < -0.39 is 19.8 Å². The van der Waals surface area contributed by atoms with E-state index in [9.17, 15) is 4.79 Å². The smallest absolute Gasteiger partial charge is 0.467 e. The first-order chi connectivity index (χ1) is 25.4. The number of benzene rings is 4. The van der Waals surface area contributed by atoms with Gasteiger partial charge in [0.2, 0.25) is 0 Å². The van der Waals surface area contributed by atoms with Crippen LogP contribution in [-0.2, 0) is 32.1 Å². The van der Waals surface area contributed by atoms with Gasteiger partial charge < -0.3 is 23.8 Å². The molecule has 2 unspecified atom stereocenters. The zero-order valence-electron chi connectivity index (χ0n) is 31.8. The second-order valence-electron chi connectivity index (χ2n) is 15.8. The van der Waals surface area contributed by atoms with E-state index in [0.717, 1.165) is 56.6 Å².